The van der Waals surface area contributed by atoms with E-state index in [9.17, 15) is 0 Å². The van der Waals surface area contributed by atoms with Crippen LogP contribution in [0, 0.1) is 5.41 Å². The summed E-state index contributed by atoms with van der Waals surface area (Å²) in [5, 5.41) is 8.86. The molecule has 0 saturated carbocycles. The SMILES string of the molecule is COCC(CO)(CCl)CCl. The van der Waals surface area contributed by atoms with Gasteiger partial charge in [0.15, 0.2) is 0 Å². The lowest BCUT2D eigenvalue weighted by molar-refractivity contribution is 0.0603. The molecule has 0 aromatic rings. The first kappa shape index (κ1) is 10.5. The van der Waals surface area contributed by atoms with Crippen LogP contribution in [0.5, 0.6) is 0 Å². The van der Waals surface area contributed by atoms with E-state index < -0.39 is 5.41 Å². The smallest absolute Gasteiger partial charge is 0.0563 e. The summed E-state index contributed by atoms with van der Waals surface area (Å²) in [6.07, 6.45) is 0. The van der Waals surface area contributed by atoms with E-state index in [4.69, 9.17) is 33.0 Å². The normalized spacial score (nSPS) is 12.0. The van der Waals surface area contributed by atoms with Crippen LogP contribution in [0.2, 0.25) is 0 Å². The van der Waals surface area contributed by atoms with Gasteiger partial charge in [-0.15, -0.1) is 23.2 Å². The van der Waals surface area contributed by atoms with Crippen molar-refractivity contribution in [2.45, 2.75) is 0 Å². The Hall–Kier alpha value is 0.500. The summed E-state index contributed by atoms with van der Waals surface area (Å²) >= 11 is 11.2. The molecule has 0 aliphatic heterocycles. The quantitative estimate of drug-likeness (QED) is 0.652. The Labute approximate surface area is 71.1 Å². The summed E-state index contributed by atoms with van der Waals surface area (Å²) < 4.78 is 4.85. The molecule has 0 radical (unpaired) electrons. The fourth-order valence-electron chi connectivity index (χ4n) is 0.549. The Morgan fingerprint density at radius 3 is 2.00 bits per heavy atom. The topological polar surface area (TPSA) is 29.5 Å². The number of alkyl halides is 2. The Morgan fingerprint density at radius 2 is 1.90 bits per heavy atom. The summed E-state index contributed by atoms with van der Waals surface area (Å²) in [6.45, 7) is 0.365. The lowest BCUT2D eigenvalue weighted by atomic mass is 9.96. The molecule has 0 saturated heterocycles. The number of halogens is 2. The molecular weight excluding hydrogens is 175 g/mol. The van der Waals surface area contributed by atoms with E-state index in [1.54, 1.807) is 7.11 Å². The molecule has 10 heavy (non-hydrogen) atoms. The molecule has 0 bridgehead atoms. The number of aliphatic hydroxyl groups is 1. The molecular formula is C6H12Cl2O2. The average Bonchev–Trinajstić information content (AvgIpc) is 2.01. The Morgan fingerprint density at radius 1 is 1.40 bits per heavy atom. The molecule has 4 heteroatoms. The van der Waals surface area contributed by atoms with Gasteiger partial charge in [-0.3, -0.25) is 0 Å². The van der Waals surface area contributed by atoms with Crippen LogP contribution >= 0.6 is 23.2 Å². The molecule has 0 spiro atoms. The van der Waals surface area contributed by atoms with Crippen LogP contribution in [0.1, 0.15) is 0 Å². The summed E-state index contributed by atoms with van der Waals surface area (Å²) in [7, 11) is 1.56. The average molecular weight is 187 g/mol. The number of rotatable bonds is 5. The van der Waals surface area contributed by atoms with Gasteiger partial charge in [-0.25, -0.2) is 0 Å². The summed E-state index contributed by atoms with van der Waals surface area (Å²) in [5.41, 5.74) is -0.460. The summed E-state index contributed by atoms with van der Waals surface area (Å²) in [4.78, 5) is 0. The first-order chi connectivity index (χ1) is 4.74. The number of aliphatic hydroxyl groups excluding tert-OH is 1. The molecule has 2 nitrogen and oxygen atoms in total. The Balaban J connectivity index is 3.87. The van der Waals surface area contributed by atoms with Crippen molar-refractivity contribution in [3.8, 4) is 0 Å². The number of ether oxygens (including phenoxy) is 1. The molecule has 0 heterocycles. The molecule has 0 rings (SSSR count). The number of methoxy groups -OCH3 is 1. The second-order valence-corrected chi connectivity index (χ2v) is 2.89. The second kappa shape index (κ2) is 5.19. The minimum absolute atomic E-state index is 0.0339. The van der Waals surface area contributed by atoms with Crippen molar-refractivity contribution in [3.63, 3.8) is 0 Å². The van der Waals surface area contributed by atoms with Gasteiger partial charge in [-0.1, -0.05) is 0 Å². The summed E-state index contributed by atoms with van der Waals surface area (Å²) in [5.74, 6) is 0.641. The molecule has 0 unspecified atom stereocenters. The van der Waals surface area contributed by atoms with Crippen LogP contribution in [-0.4, -0.2) is 37.2 Å². The monoisotopic (exact) mass is 186 g/mol. The van der Waals surface area contributed by atoms with Crippen molar-refractivity contribution in [2.24, 2.45) is 5.41 Å². The fraction of sp³-hybridized carbons (Fsp3) is 1.00. The first-order valence-corrected chi connectivity index (χ1v) is 4.03. The molecule has 0 aliphatic carbocycles. The predicted molar refractivity (Wildman–Crippen MR) is 42.8 cm³/mol. The zero-order chi connectivity index (χ0) is 8.04. The minimum atomic E-state index is -0.460. The highest BCUT2D eigenvalue weighted by Gasteiger charge is 2.27. The predicted octanol–water partition coefficient (Wildman–Crippen LogP) is 1.09. The molecule has 0 aromatic heterocycles. The zero-order valence-corrected chi connectivity index (χ0v) is 7.45. The van der Waals surface area contributed by atoms with Gasteiger partial charge in [0.25, 0.3) is 0 Å². The highest BCUT2D eigenvalue weighted by atomic mass is 35.5. The van der Waals surface area contributed by atoms with Gasteiger partial charge >= 0.3 is 0 Å². The summed E-state index contributed by atoms with van der Waals surface area (Å²) in [6, 6.07) is 0. The minimum Gasteiger partial charge on any atom is -0.396 e. The molecule has 0 atom stereocenters. The van der Waals surface area contributed by atoms with Crippen LogP contribution in [0.3, 0.4) is 0 Å². The van der Waals surface area contributed by atoms with Crippen molar-refractivity contribution in [1.29, 1.82) is 0 Å². The van der Waals surface area contributed by atoms with E-state index in [0.717, 1.165) is 0 Å². The largest absolute Gasteiger partial charge is 0.396 e. The van der Waals surface area contributed by atoms with Crippen molar-refractivity contribution in [3.05, 3.63) is 0 Å². The Bertz CT molecular complexity index is 75.6. The molecule has 0 amide bonds. The van der Waals surface area contributed by atoms with E-state index in [0.29, 0.717) is 18.4 Å². The van der Waals surface area contributed by atoms with Gasteiger partial charge in [-0.2, -0.15) is 0 Å². The lowest BCUT2D eigenvalue weighted by Gasteiger charge is -2.25. The van der Waals surface area contributed by atoms with Crippen LogP contribution in [0.15, 0.2) is 0 Å². The van der Waals surface area contributed by atoms with Gasteiger partial charge < -0.3 is 9.84 Å². The van der Waals surface area contributed by atoms with Crippen molar-refractivity contribution in [2.75, 3.05) is 32.1 Å². The van der Waals surface area contributed by atoms with Gasteiger partial charge in [-0.05, 0) is 0 Å². The van der Waals surface area contributed by atoms with Crippen molar-refractivity contribution >= 4 is 23.2 Å². The van der Waals surface area contributed by atoms with Gasteiger partial charge in [0, 0.05) is 24.3 Å². The molecule has 0 aromatic carbocycles. The number of hydrogen-bond donors (Lipinski definition) is 1. The highest BCUT2D eigenvalue weighted by Crippen LogP contribution is 2.20. The van der Waals surface area contributed by atoms with E-state index in [2.05, 4.69) is 0 Å². The third-order valence-corrected chi connectivity index (χ3v) is 2.49. The van der Waals surface area contributed by atoms with E-state index in [1.807, 2.05) is 0 Å². The van der Waals surface area contributed by atoms with Crippen LogP contribution in [-0.2, 0) is 4.74 Å². The van der Waals surface area contributed by atoms with E-state index in [-0.39, 0.29) is 6.61 Å². The molecule has 62 valence electrons. The third kappa shape index (κ3) is 2.62. The zero-order valence-electron chi connectivity index (χ0n) is 5.94. The van der Waals surface area contributed by atoms with E-state index in [1.165, 1.54) is 0 Å². The van der Waals surface area contributed by atoms with E-state index >= 15 is 0 Å². The molecule has 1 N–H and O–H groups in total. The van der Waals surface area contributed by atoms with Crippen LogP contribution < -0.4 is 0 Å². The van der Waals surface area contributed by atoms with Gasteiger partial charge in [0.2, 0.25) is 0 Å². The van der Waals surface area contributed by atoms with Crippen LogP contribution in [0.4, 0.5) is 0 Å². The van der Waals surface area contributed by atoms with Gasteiger partial charge in [0.1, 0.15) is 0 Å². The van der Waals surface area contributed by atoms with Crippen molar-refractivity contribution in [1.82, 2.24) is 0 Å². The number of hydrogen-bond acceptors (Lipinski definition) is 2. The van der Waals surface area contributed by atoms with Crippen LogP contribution in [0.25, 0.3) is 0 Å². The molecule has 0 fully saturated rings. The van der Waals surface area contributed by atoms with Gasteiger partial charge in [0.05, 0.1) is 13.2 Å². The fourth-order valence-corrected chi connectivity index (χ4v) is 1.16. The maximum atomic E-state index is 8.86. The maximum absolute atomic E-state index is 8.86. The first-order valence-electron chi connectivity index (χ1n) is 2.96. The Kier molecular flexibility index (Phi) is 5.45. The maximum Gasteiger partial charge on any atom is 0.0563 e. The third-order valence-electron chi connectivity index (χ3n) is 1.35. The van der Waals surface area contributed by atoms with Crippen molar-refractivity contribution < 1.29 is 9.84 Å². The second-order valence-electron chi connectivity index (χ2n) is 2.36. The lowest BCUT2D eigenvalue weighted by Crippen LogP contribution is -2.34. The highest BCUT2D eigenvalue weighted by molar-refractivity contribution is 6.21. The molecule has 0 aliphatic rings. The standard InChI is InChI=1S/C6H12Cl2O2/c1-10-5-6(2-7,3-8)4-9/h9H,2-5H2,1H3.